The molecule has 1 aliphatic rings. The summed E-state index contributed by atoms with van der Waals surface area (Å²) in [5.41, 5.74) is 3.72. The lowest BCUT2D eigenvalue weighted by molar-refractivity contribution is 0.348. The third-order valence-corrected chi connectivity index (χ3v) is 6.97. The molecule has 0 spiro atoms. The molecule has 0 unspecified atom stereocenters. The van der Waals surface area contributed by atoms with Gasteiger partial charge in [0.2, 0.25) is 9.84 Å². The lowest BCUT2D eigenvalue weighted by Crippen LogP contribution is -2.44. The van der Waals surface area contributed by atoms with Gasteiger partial charge in [0.15, 0.2) is 4.91 Å². The van der Waals surface area contributed by atoms with Gasteiger partial charge in [0, 0.05) is 43.1 Å². The molecule has 7 heteroatoms. The van der Waals surface area contributed by atoms with Crippen LogP contribution in [-0.2, 0) is 9.84 Å². The molecule has 0 bridgehead atoms. The van der Waals surface area contributed by atoms with Gasteiger partial charge in [0.25, 0.3) is 0 Å². The number of hydrogen-bond acceptors (Lipinski definition) is 5. The van der Waals surface area contributed by atoms with Gasteiger partial charge in [-0.25, -0.2) is 8.42 Å². The summed E-state index contributed by atoms with van der Waals surface area (Å²) in [5.74, 6) is 0. The van der Waals surface area contributed by atoms with Crippen LogP contribution in [0.5, 0.6) is 0 Å². The van der Waals surface area contributed by atoms with Crippen molar-refractivity contribution in [3.63, 3.8) is 0 Å². The number of nitrogens with zero attached hydrogens (tertiary/aromatic N) is 3. The molecule has 1 heterocycles. The van der Waals surface area contributed by atoms with E-state index in [0.717, 1.165) is 13.1 Å². The SMILES string of the molecule is Cc1cccc(N2CCN(/C=C(\C#N)S(=O)(=O)c3ccc(Cl)cc3)CC2)c1C. The zero-order valence-corrected chi connectivity index (χ0v) is 17.5. The molecule has 1 saturated heterocycles. The van der Waals surface area contributed by atoms with Gasteiger partial charge in [0.05, 0.1) is 4.90 Å². The molecule has 0 aliphatic carbocycles. The fraction of sp³-hybridized carbons (Fsp3) is 0.286. The smallest absolute Gasteiger partial charge is 0.218 e. The maximum absolute atomic E-state index is 12.7. The molecule has 0 radical (unpaired) electrons. The molecular formula is C21H22ClN3O2S. The van der Waals surface area contributed by atoms with Gasteiger partial charge >= 0.3 is 0 Å². The number of hydrogen-bond donors (Lipinski definition) is 0. The highest BCUT2D eigenvalue weighted by atomic mass is 35.5. The van der Waals surface area contributed by atoms with Crippen LogP contribution >= 0.6 is 11.6 Å². The quantitative estimate of drug-likeness (QED) is 0.708. The Kier molecular flexibility index (Phi) is 5.97. The van der Waals surface area contributed by atoms with Gasteiger partial charge in [-0.05, 0) is 55.3 Å². The standard InChI is InChI=1S/C21H22ClN3O2S/c1-16-4-3-5-21(17(16)2)25-12-10-24(11-13-25)15-20(14-23)28(26,27)19-8-6-18(22)7-9-19/h3-9,15H,10-13H2,1-2H3/b20-15+. The van der Waals surface area contributed by atoms with Crippen LogP contribution in [0.3, 0.4) is 0 Å². The van der Waals surface area contributed by atoms with E-state index in [1.54, 1.807) is 0 Å². The maximum Gasteiger partial charge on any atom is 0.218 e. The van der Waals surface area contributed by atoms with Crippen molar-refractivity contribution in [2.24, 2.45) is 0 Å². The van der Waals surface area contributed by atoms with Crippen molar-refractivity contribution in [1.29, 1.82) is 5.26 Å². The number of anilines is 1. The molecule has 5 nitrogen and oxygen atoms in total. The first-order chi connectivity index (χ1) is 13.3. The zero-order chi connectivity index (χ0) is 20.3. The molecule has 0 aromatic heterocycles. The molecule has 1 fully saturated rings. The first kappa shape index (κ1) is 20.2. The van der Waals surface area contributed by atoms with E-state index in [4.69, 9.17) is 11.6 Å². The molecule has 28 heavy (non-hydrogen) atoms. The first-order valence-corrected chi connectivity index (χ1v) is 10.9. The Hall–Kier alpha value is -2.49. The minimum atomic E-state index is -3.86. The van der Waals surface area contributed by atoms with Gasteiger partial charge in [0.1, 0.15) is 6.07 Å². The predicted molar refractivity (Wildman–Crippen MR) is 112 cm³/mol. The van der Waals surface area contributed by atoms with Crippen LogP contribution in [0.2, 0.25) is 5.02 Å². The highest BCUT2D eigenvalue weighted by Gasteiger charge is 2.24. The summed E-state index contributed by atoms with van der Waals surface area (Å²) in [7, 11) is -3.86. The summed E-state index contributed by atoms with van der Waals surface area (Å²) in [4.78, 5) is 4.01. The molecule has 0 N–H and O–H groups in total. The summed E-state index contributed by atoms with van der Waals surface area (Å²) >= 11 is 5.83. The second kappa shape index (κ2) is 8.26. The van der Waals surface area contributed by atoms with Crippen LogP contribution in [0.1, 0.15) is 11.1 Å². The summed E-state index contributed by atoms with van der Waals surface area (Å²) < 4.78 is 25.5. The van der Waals surface area contributed by atoms with Crippen molar-refractivity contribution in [2.45, 2.75) is 18.7 Å². The third-order valence-electron chi connectivity index (χ3n) is 5.05. The number of allylic oxidation sites excluding steroid dienone is 1. The number of aryl methyl sites for hydroxylation is 1. The van der Waals surface area contributed by atoms with Crippen molar-refractivity contribution in [3.05, 3.63) is 69.7 Å². The normalized spacial score (nSPS) is 15.4. The molecule has 0 atom stereocenters. The van der Waals surface area contributed by atoms with Gasteiger partial charge in [-0.3, -0.25) is 0 Å². The lowest BCUT2D eigenvalue weighted by atomic mass is 10.1. The molecule has 0 saturated carbocycles. The number of rotatable bonds is 4. The summed E-state index contributed by atoms with van der Waals surface area (Å²) in [6, 6.07) is 14.0. The van der Waals surface area contributed by atoms with Crippen molar-refractivity contribution < 1.29 is 8.42 Å². The Labute approximate surface area is 171 Å². The molecule has 2 aromatic carbocycles. The second-order valence-electron chi connectivity index (χ2n) is 6.80. The van der Waals surface area contributed by atoms with E-state index >= 15 is 0 Å². The van der Waals surface area contributed by atoms with Crippen LogP contribution in [0.15, 0.2) is 58.5 Å². The number of halogens is 1. The van der Waals surface area contributed by atoms with Crippen LogP contribution < -0.4 is 4.90 Å². The molecular weight excluding hydrogens is 394 g/mol. The Morgan fingerprint density at radius 2 is 1.71 bits per heavy atom. The lowest BCUT2D eigenvalue weighted by Gasteiger charge is -2.36. The summed E-state index contributed by atoms with van der Waals surface area (Å²) in [5, 5.41) is 9.89. The third kappa shape index (κ3) is 4.16. The molecule has 3 rings (SSSR count). The molecule has 0 amide bonds. The fourth-order valence-electron chi connectivity index (χ4n) is 3.23. The monoisotopic (exact) mass is 415 g/mol. The highest BCUT2D eigenvalue weighted by Crippen LogP contribution is 2.25. The molecule has 146 valence electrons. The molecule has 1 aliphatic heterocycles. The van der Waals surface area contributed by atoms with Crippen LogP contribution in [0.4, 0.5) is 5.69 Å². The zero-order valence-electron chi connectivity index (χ0n) is 15.9. The molecule has 2 aromatic rings. The van der Waals surface area contributed by atoms with Crippen molar-refractivity contribution >= 4 is 27.1 Å². The van der Waals surface area contributed by atoms with Crippen molar-refractivity contribution in [3.8, 4) is 6.07 Å². The Morgan fingerprint density at radius 3 is 2.32 bits per heavy atom. The van der Waals surface area contributed by atoms with Gasteiger partial charge in [-0.1, -0.05) is 23.7 Å². The summed E-state index contributed by atoms with van der Waals surface area (Å²) in [6.45, 7) is 7.03. The minimum Gasteiger partial charge on any atom is -0.372 e. The second-order valence-corrected chi connectivity index (χ2v) is 9.16. The van der Waals surface area contributed by atoms with E-state index in [-0.39, 0.29) is 9.80 Å². The largest absolute Gasteiger partial charge is 0.372 e. The number of nitriles is 1. The van der Waals surface area contributed by atoms with E-state index < -0.39 is 9.84 Å². The van der Waals surface area contributed by atoms with E-state index in [1.807, 2.05) is 11.0 Å². The van der Waals surface area contributed by atoms with E-state index in [2.05, 4.69) is 36.9 Å². The van der Waals surface area contributed by atoms with Crippen molar-refractivity contribution in [2.75, 3.05) is 31.1 Å². The minimum absolute atomic E-state index is 0.0683. The van der Waals surface area contributed by atoms with Crippen molar-refractivity contribution in [1.82, 2.24) is 4.90 Å². The van der Waals surface area contributed by atoms with E-state index in [1.165, 1.54) is 47.3 Å². The fourth-order valence-corrected chi connectivity index (χ4v) is 4.52. The summed E-state index contributed by atoms with van der Waals surface area (Å²) in [6.07, 6.45) is 1.46. The Balaban J connectivity index is 1.76. The van der Waals surface area contributed by atoms with E-state index in [9.17, 15) is 13.7 Å². The predicted octanol–water partition coefficient (Wildman–Crippen LogP) is 3.92. The maximum atomic E-state index is 12.7. The number of piperazine rings is 1. The van der Waals surface area contributed by atoms with Crippen LogP contribution in [0, 0.1) is 25.2 Å². The number of sulfone groups is 1. The van der Waals surface area contributed by atoms with E-state index in [0.29, 0.717) is 18.1 Å². The van der Waals surface area contributed by atoms with Crippen LogP contribution in [0.25, 0.3) is 0 Å². The van der Waals surface area contributed by atoms with Gasteiger partial charge < -0.3 is 9.80 Å². The Morgan fingerprint density at radius 1 is 1.07 bits per heavy atom. The Bertz CT molecular complexity index is 1030. The average Bonchev–Trinajstić information content (AvgIpc) is 2.69. The van der Waals surface area contributed by atoms with Gasteiger partial charge in [-0.15, -0.1) is 0 Å². The first-order valence-electron chi connectivity index (χ1n) is 9.00. The topological polar surface area (TPSA) is 64.4 Å². The number of benzene rings is 2. The highest BCUT2D eigenvalue weighted by molar-refractivity contribution is 7.95. The van der Waals surface area contributed by atoms with Gasteiger partial charge in [-0.2, -0.15) is 5.26 Å². The van der Waals surface area contributed by atoms with Crippen LogP contribution in [-0.4, -0.2) is 39.5 Å². The average molecular weight is 416 g/mol.